The monoisotopic (exact) mass is 277 g/mol. The summed E-state index contributed by atoms with van der Waals surface area (Å²) < 4.78 is 11.8. The quantitative estimate of drug-likeness (QED) is 0.849. The average Bonchev–Trinajstić information content (AvgIpc) is 3.10. The summed E-state index contributed by atoms with van der Waals surface area (Å²) in [6.07, 6.45) is 2.36. The molecule has 0 atom stereocenters. The maximum absolute atomic E-state index is 12.4. The van der Waals surface area contributed by atoms with E-state index in [0.29, 0.717) is 17.1 Å². The van der Waals surface area contributed by atoms with Crippen molar-refractivity contribution in [3.05, 3.63) is 23.8 Å². The Balaban J connectivity index is 2.40. The standard InChI is InChI=1S/C16H23NO3/c1-16(2,3)20-13-8-6-7-12(19-11-9-10-11)14(13)15(18)17(4)5/h6-8,11H,9-10H2,1-5H3. The molecule has 0 bridgehead atoms. The van der Waals surface area contributed by atoms with E-state index in [1.165, 1.54) is 0 Å². The molecule has 1 aromatic rings. The van der Waals surface area contributed by atoms with Gasteiger partial charge in [-0.1, -0.05) is 6.07 Å². The molecule has 0 unspecified atom stereocenters. The summed E-state index contributed by atoms with van der Waals surface area (Å²) in [4.78, 5) is 14.0. The van der Waals surface area contributed by atoms with Crippen molar-refractivity contribution in [2.45, 2.75) is 45.3 Å². The van der Waals surface area contributed by atoms with Gasteiger partial charge in [-0.2, -0.15) is 0 Å². The molecule has 20 heavy (non-hydrogen) atoms. The number of carbonyl (C=O) groups excluding carboxylic acids is 1. The maximum Gasteiger partial charge on any atom is 0.260 e. The van der Waals surface area contributed by atoms with E-state index in [1.807, 2.05) is 39.0 Å². The smallest absolute Gasteiger partial charge is 0.260 e. The molecule has 0 spiro atoms. The van der Waals surface area contributed by atoms with Crippen LogP contribution in [-0.4, -0.2) is 36.6 Å². The van der Waals surface area contributed by atoms with Gasteiger partial charge in [-0.3, -0.25) is 4.79 Å². The van der Waals surface area contributed by atoms with Crippen LogP contribution in [0.2, 0.25) is 0 Å². The minimum Gasteiger partial charge on any atom is -0.489 e. The third-order valence-electron chi connectivity index (χ3n) is 2.84. The van der Waals surface area contributed by atoms with Crippen LogP contribution in [0.15, 0.2) is 18.2 Å². The fourth-order valence-electron chi connectivity index (χ4n) is 1.82. The lowest BCUT2D eigenvalue weighted by molar-refractivity contribution is 0.0803. The number of benzene rings is 1. The number of hydrogen-bond acceptors (Lipinski definition) is 3. The van der Waals surface area contributed by atoms with Gasteiger partial charge in [0.25, 0.3) is 5.91 Å². The highest BCUT2D eigenvalue weighted by Crippen LogP contribution is 2.35. The van der Waals surface area contributed by atoms with Gasteiger partial charge < -0.3 is 14.4 Å². The molecular weight excluding hydrogens is 254 g/mol. The van der Waals surface area contributed by atoms with E-state index in [1.54, 1.807) is 19.0 Å². The van der Waals surface area contributed by atoms with Gasteiger partial charge >= 0.3 is 0 Å². The molecule has 0 aromatic heterocycles. The first-order chi connectivity index (χ1) is 9.28. The molecule has 110 valence electrons. The Labute approximate surface area is 120 Å². The Morgan fingerprint density at radius 2 is 1.80 bits per heavy atom. The molecule has 1 fully saturated rings. The number of hydrogen-bond donors (Lipinski definition) is 0. The van der Waals surface area contributed by atoms with Crippen LogP contribution in [0.25, 0.3) is 0 Å². The minimum absolute atomic E-state index is 0.0968. The van der Waals surface area contributed by atoms with Gasteiger partial charge in [0.2, 0.25) is 0 Å². The molecule has 1 aliphatic carbocycles. The first-order valence-corrected chi connectivity index (χ1v) is 6.98. The van der Waals surface area contributed by atoms with Crippen molar-refractivity contribution >= 4 is 5.91 Å². The summed E-state index contributed by atoms with van der Waals surface area (Å²) in [5.74, 6) is 1.10. The molecule has 2 rings (SSSR count). The largest absolute Gasteiger partial charge is 0.489 e. The highest BCUT2D eigenvalue weighted by Gasteiger charge is 2.29. The molecule has 1 saturated carbocycles. The van der Waals surface area contributed by atoms with Crippen molar-refractivity contribution in [2.75, 3.05) is 14.1 Å². The summed E-state index contributed by atoms with van der Waals surface area (Å²) in [6.45, 7) is 5.89. The number of carbonyl (C=O) groups is 1. The van der Waals surface area contributed by atoms with E-state index in [0.717, 1.165) is 12.8 Å². The second-order valence-electron chi connectivity index (χ2n) is 6.36. The summed E-state index contributed by atoms with van der Waals surface area (Å²) in [5, 5.41) is 0. The van der Waals surface area contributed by atoms with E-state index in [-0.39, 0.29) is 17.6 Å². The highest BCUT2D eigenvalue weighted by molar-refractivity contribution is 5.99. The van der Waals surface area contributed by atoms with Crippen LogP contribution in [0.1, 0.15) is 44.0 Å². The maximum atomic E-state index is 12.4. The molecule has 4 heteroatoms. The van der Waals surface area contributed by atoms with Crippen molar-refractivity contribution in [2.24, 2.45) is 0 Å². The van der Waals surface area contributed by atoms with Gasteiger partial charge in [0.15, 0.2) is 0 Å². The Bertz CT molecular complexity index is 499. The van der Waals surface area contributed by atoms with Crippen molar-refractivity contribution in [1.82, 2.24) is 4.90 Å². The molecule has 1 amide bonds. The minimum atomic E-state index is -0.362. The van der Waals surface area contributed by atoms with Crippen LogP contribution in [0.3, 0.4) is 0 Å². The summed E-state index contributed by atoms with van der Waals surface area (Å²) in [7, 11) is 3.47. The Morgan fingerprint density at radius 1 is 1.20 bits per heavy atom. The summed E-state index contributed by atoms with van der Waals surface area (Å²) >= 11 is 0. The van der Waals surface area contributed by atoms with E-state index < -0.39 is 0 Å². The van der Waals surface area contributed by atoms with Gasteiger partial charge in [-0.15, -0.1) is 0 Å². The van der Waals surface area contributed by atoms with E-state index in [4.69, 9.17) is 9.47 Å². The molecule has 0 saturated heterocycles. The van der Waals surface area contributed by atoms with Gasteiger partial charge in [-0.25, -0.2) is 0 Å². The van der Waals surface area contributed by atoms with E-state index >= 15 is 0 Å². The Morgan fingerprint density at radius 3 is 2.30 bits per heavy atom. The molecule has 0 aliphatic heterocycles. The fraction of sp³-hybridized carbons (Fsp3) is 0.562. The van der Waals surface area contributed by atoms with Crippen LogP contribution in [-0.2, 0) is 0 Å². The lowest BCUT2D eigenvalue weighted by Crippen LogP contribution is -2.27. The van der Waals surface area contributed by atoms with Crippen LogP contribution in [0.5, 0.6) is 11.5 Å². The van der Waals surface area contributed by atoms with Crippen molar-refractivity contribution in [3.63, 3.8) is 0 Å². The number of rotatable bonds is 4. The molecule has 1 aliphatic rings. The SMILES string of the molecule is CN(C)C(=O)c1c(OC2CC2)cccc1OC(C)(C)C. The van der Waals surface area contributed by atoms with Crippen LogP contribution < -0.4 is 9.47 Å². The fourth-order valence-corrected chi connectivity index (χ4v) is 1.82. The van der Waals surface area contributed by atoms with Crippen LogP contribution >= 0.6 is 0 Å². The lowest BCUT2D eigenvalue weighted by Gasteiger charge is -2.25. The van der Waals surface area contributed by atoms with Crippen LogP contribution in [0.4, 0.5) is 0 Å². The van der Waals surface area contributed by atoms with Gasteiger partial charge in [-0.05, 0) is 45.7 Å². The van der Waals surface area contributed by atoms with Crippen molar-refractivity contribution < 1.29 is 14.3 Å². The zero-order valence-corrected chi connectivity index (χ0v) is 12.9. The molecule has 1 aromatic carbocycles. The predicted octanol–water partition coefficient (Wildman–Crippen LogP) is 3.11. The predicted molar refractivity (Wildman–Crippen MR) is 78.5 cm³/mol. The zero-order chi connectivity index (χ0) is 14.9. The molecule has 0 radical (unpaired) electrons. The number of nitrogens with zero attached hydrogens (tertiary/aromatic N) is 1. The Hall–Kier alpha value is -1.71. The third-order valence-corrected chi connectivity index (χ3v) is 2.84. The highest BCUT2D eigenvalue weighted by atomic mass is 16.5. The zero-order valence-electron chi connectivity index (χ0n) is 12.9. The first-order valence-electron chi connectivity index (χ1n) is 6.98. The number of amides is 1. The average molecular weight is 277 g/mol. The Kier molecular flexibility index (Phi) is 3.93. The molecule has 0 N–H and O–H groups in total. The van der Waals surface area contributed by atoms with Crippen molar-refractivity contribution in [1.29, 1.82) is 0 Å². The molecule has 0 heterocycles. The van der Waals surface area contributed by atoms with Gasteiger partial charge in [0.05, 0.1) is 6.10 Å². The van der Waals surface area contributed by atoms with Gasteiger partial charge in [0, 0.05) is 14.1 Å². The molecule has 4 nitrogen and oxygen atoms in total. The third kappa shape index (κ3) is 3.65. The second-order valence-corrected chi connectivity index (χ2v) is 6.36. The summed E-state index contributed by atoms with van der Waals surface area (Å²) in [6, 6.07) is 5.53. The van der Waals surface area contributed by atoms with E-state index in [2.05, 4.69) is 0 Å². The first kappa shape index (κ1) is 14.7. The van der Waals surface area contributed by atoms with Crippen LogP contribution in [0, 0.1) is 0 Å². The second kappa shape index (κ2) is 5.35. The van der Waals surface area contributed by atoms with E-state index in [9.17, 15) is 4.79 Å². The topological polar surface area (TPSA) is 38.8 Å². The number of ether oxygens (including phenoxy) is 2. The normalized spacial score (nSPS) is 14.8. The van der Waals surface area contributed by atoms with Gasteiger partial charge in [0.1, 0.15) is 22.7 Å². The van der Waals surface area contributed by atoms with Crippen molar-refractivity contribution in [3.8, 4) is 11.5 Å². The lowest BCUT2D eigenvalue weighted by atomic mass is 10.1. The summed E-state index contributed by atoms with van der Waals surface area (Å²) in [5.41, 5.74) is 0.152. The molecular formula is C16H23NO3.